The van der Waals surface area contributed by atoms with Gasteiger partial charge in [-0.15, -0.1) is 0 Å². The Morgan fingerprint density at radius 1 is 0.282 bits per heavy atom. The molecule has 1 unspecified atom stereocenters. The number of allylic oxidation sites excluding steroid dienone is 38. The van der Waals surface area contributed by atoms with Gasteiger partial charge in [0, 0.05) is 19.3 Å². The Morgan fingerprint density at radius 3 is 0.761 bits per heavy atom. The van der Waals surface area contributed by atoms with Gasteiger partial charge >= 0.3 is 17.9 Å². The van der Waals surface area contributed by atoms with E-state index in [1.54, 1.807) is 0 Å². The molecular formula is C65H88O6. The van der Waals surface area contributed by atoms with E-state index in [9.17, 15) is 14.4 Å². The minimum atomic E-state index is -0.857. The second kappa shape index (κ2) is 56.1. The summed E-state index contributed by atoms with van der Waals surface area (Å²) < 4.78 is 16.7. The van der Waals surface area contributed by atoms with Crippen LogP contribution < -0.4 is 0 Å². The van der Waals surface area contributed by atoms with Crippen molar-refractivity contribution in [2.24, 2.45) is 0 Å². The van der Waals surface area contributed by atoms with Gasteiger partial charge < -0.3 is 14.2 Å². The molecule has 0 aliphatic heterocycles. The van der Waals surface area contributed by atoms with Crippen LogP contribution in [-0.4, -0.2) is 37.2 Å². The van der Waals surface area contributed by atoms with E-state index in [0.717, 1.165) is 77.0 Å². The fourth-order valence-electron chi connectivity index (χ4n) is 5.84. The summed E-state index contributed by atoms with van der Waals surface area (Å²) in [6.45, 7) is 6.03. The molecule has 0 aromatic carbocycles. The Kier molecular flexibility index (Phi) is 50.9. The van der Waals surface area contributed by atoms with E-state index in [4.69, 9.17) is 14.2 Å². The number of ether oxygens (including phenoxy) is 3. The van der Waals surface area contributed by atoms with Crippen LogP contribution in [0.25, 0.3) is 0 Å². The fraction of sp³-hybridized carbons (Fsp3) is 0.369. The molecule has 1 atom stereocenters. The van der Waals surface area contributed by atoms with E-state index in [-0.39, 0.29) is 44.4 Å². The number of rotatable bonds is 42. The lowest BCUT2D eigenvalue weighted by Crippen LogP contribution is -2.30. The molecule has 71 heavy (non-hydrogen) atoms. The molecule has 0 fully saturated rings. The lowest BCUT2D eigenvalue weighted by molar-refractivity contribution is -0.167. The van der Waals surface area contributed by atoms with Crippen LogP contribution in [0.2, 0.25) is 0 Å². The molecule has 0 radical (unpaired) electrons. The van der Waals surface area contributed by atoms with Gasteiger partial charge in [0.05, 0.1) is 0 Å². The number of carbonyl (C=O) groups excluding carboxylic acids is 3. The standard InChI is InChI=1S/C65H88O6/c1-4-7-10-13-16-19-22-25-28-31-32-35-37-40-43-46-49-52-55-58-64(67)70-61-62(71-65(68)59-56-53-50-47-44-41-38-34-30-27-24-21-18-15-12-9-6-3)60-69-63(66)57-54-51-48-45-42-39-36-33-29-26-23-20-17-14-11-8-5-2/h7-44,62H,4-6,45-61H2,1-3H3/b10-7-,11-8-,12-9-,16-13-,17-14-,18-15-,22-19-,23-20-,24-21-,28-25-,29-26-,30-27-,32-31+,36-33+,37-35-,38-34+,42-39-,43-40-,44-41-. The third kappa shape index (κ3) is 54.3. The van der Waals surface area contributed by atoms with Crippen molar-refractivity contribution in [3.63, 3.8) is 0 Å². The SMILES string of the molecule is CC\C=C/C=C\C=C/C=C\C=C\C=C/C=C\CCCCCC(=O)OCC(COC(=O)CCCCC\C=C/C=C/C=C\C=C/C=C\C=C/CC)OC(=O)CCCCC\C=C/C=C/C=C\C=C/C=C\C=C/CC. The van der Waals surface area contributed by atoms with Crippen LogP contribution in [0.1, 0.15) is 136 Å². The molecule has 0 saturated heterocycles. The van der Waals surface area contributed by atoms with Crippen molar-refractivity contribution in [1.82, 2.24) is 0 Å². The first kappa shape index (κ1) is 64.5. The Morgan fingerprint density at radius 2 is 0.507 bits per heavy atom. The molecule has 0 aromatic rings. The van der Waals surface area contributed by atoms with Gasteiger partial charge in [0.2, 0.25) is 0 Å². The zero-order valence-electron chi connectivity index (χ0n) is 43.6. The maximum atomic E-state index is 12.8. The van der Waals surface area contributed by atoms with Crippen LogP contribution in [-0.2, 0) is 28.6 Å². The van der Waals surface area contributed by atoms with Gasteiger partial charge in [-0.1, -0.05) is 271 Å². The van der Waals surface area contributed by atoms with E-state index >= 15 is 0 Å². The molecule has 384 valence electrons. The molecule has 0 bridgehead atoms. The second-order valence-electron chi connectivity index (χ2n) is 16.1. The van der Waals surface area contributed by atoms with Crippen LogP contribution in [0.15, 0.2) is 231 Å². The summed E-state index contributed by atoms with van der Waals surface area (Å²) in [6, 6.07) is 0. The highest BCUT2D eigenvalue weighted by atomic mass is 16.6. The van der Waals surface area contributed by atoms with E-state index in [1.807, 2.05) is 194 Å². The van der Waals surface area contributed by atoms with Gasteiger partial charge in [0.15, 0.2) is 6.10 Å². The van der Waals surface area contributed by atoms with E-state index < -0.39 is 12.1 Å². The Hall–Kier alpha value is -6.53. The summed E-state index contributed by atoms with van der Waals surface area (Å²) >= 11 is 0. The van der Waals surface area contributed by atoms with Gasteiger partial charge in [-0.3, -0.25) is 14.4 Å². The molecule has 0 amide bonds. The normalized spacial score (nSPS) is 14.0. The Balaban J connectivity index is 4.75. The summed E-state index contributed by atoms with van der Waals surface area (Å²) in [5.41, 5.74) is 0. The largest absolute Gasteiger partial charge is 0.462 e. The molecule has 0 spiro atoms. The maximum absolute atomic E-state index is 12.8. The smallest absolute Gasteiger partial charge is 0.306 e. The number of carbonyl (C=O) groups is 3. The first-order chi connectivity index (χ1) is 35.0. The van der Waals surface area contributed by atoms with Crippen molar-refractivity contribution in [1.29, 1.82) is 0 Å². The topological polar surface area (TPSA) is 78.9 Å². The van der Waals surface area contributed by atoms with Crippen LogP contribution in [0, 0.1) is 0 Å². The summed E-state index contributed by atoms with van der Waals surface area (Å²) in [6.07, 6.45) is 90.1. The third-order valence-electron chi connectivity index (χ3n) is 9.66. The van der Waals surface area contributed by atoms with Gasteiger partial charge in [-0.25, -0.2) is 0 Å². The van der Waals surface area contributed by atoms with Gasteiger partial charge in [0.25, 0.3) is 0 Å². The van der Waals surface area contributed by atoms with Crippen molar-refractivity contribution in [3.05, 3.63) is 231 Å². The molecule has 6 nitrogen and oxygen atoms in total. The molecule has 0 aromatic heterocycles. The highest BCUT2D eigenvalue weighted by Crippen LogP contribution is 2.11. The van der Waals surface area contributed by atoms with Crippen molar-refractivity contribution < 1.29 is 28.6 Å². The summed E-state index contributed by atoms with van der Waals surface area (Å²) in [4.78, 5) is 38.1. The van der Waals surface area contributed by atoms with E-state index in [2.05, 4.69) is 57.2 Å². The first-order valence-electron chi connectivity index (χ1n) is 26.2. The molecule has 0 aliphatic rings. The third-order valence-corrected chi connectivity index (χ3v) is 9.66. The van der Waals surface area contributed by atoms with Gasteiger partial charge in [-0.2, -0.15) is 0 Å². The minimum absolute atomic E-state index is 0.151. The Bertz CT molecular complexity index is 1920. The quantitative estimate of drug-likeness (QED) is 0.0262. The highest BCUT2D eigenvalue weighted by molar-refractivity contribution is 5.71. The van der Waals surface area contributed by atoms with Crippen LogP contribution in [0.3, 0.4) is 0 Å². The second-order valence-corrected chi connectivity index (χ2v) is 16.1. The zero-order chi connectivity index (χ0) is 51.4. The lowest BCUT2D eigenvalue weighted by Gasteiger charge is -2.18. The molecule has 0 N–H and O–H groups in total. The number of esters is 3. The van der Waals surface area contributed by atoms with Crippen molar-refractivity contribution in [2.75, 3.05) is 13.2 Å². The predicted molar refractivity (Wildman–Crippen MR) is 306 cm³/mol. The van der Waals surface area contributed by atoms with Crippen molar-refractivity contribution >= 4 is 17.9 Å². The van der Waals surface area contributed by atoms with Crippen LogP contribution in [0.5, 0.6) is 0 Å². The van der Waals surface area contributed by atoms with Crippen LogP contribution in [0.4, 0.5) is 0 Å². The lowest BCUT2D eigenvalue weighted by atomic mass is 10.1. The number of hydrogen-bond acceptors (Lipinski definition) is 6. The average Bonchev–Trinajstić information content (AvgIpc) is 3.37. The fourth-order valence-corrected chi connectivity index (χ4v) is 5.84. The molecule has 0 aliphatic carbocycles. The van der Waals surface area contributed by atoms with E-state index in [1.165, 1.54) is 0 Å². The number of unbranched alkanes of at least 4 members (excludes halogenated alkanes) is 9. The monoisotopic (exact) mass is 965 g/mol. The average molecular weight is 965 g/mol. The van der Waals surface area contributed by atoms with Crippen molar-refractivity contribution in [2.45, 2.75) is 142 Å². The summed E-state index contributed by atoms with van der Waals surface area (Å²) in [7, 11) is 0. The summed E-state index contributed by atoms with van der Waals surface area (Å²) in [5, 5.41) is 0. The van der Waals surface area contributed by atoms with Crippen molar-refractivity contribution in [3.8, 4) is 0 Å². The van der Waals surface area contributed by atoms with E-state index in [0.29, 0.717) is 19.3 Å². The van der Waals surface area contributed by atoms with Gasteiger partial charge in [0.1, 0.15) is 13.2 Å². The molecule has 0 heterocycles. The molecule has 0 saturated carbocycles. The molecule has 6 heteroatoms. The number of hydrogen-bond donors (Lipinski definition) is 0. The minimum Gasteiger partial charge on any atom is -0.462 e. The molecular weight excluding hydrogens is 877 g/mol. The molecule has 0 rings (SSSR count). The van der Waals surface area contributed by atoms with Gasteiger partial charge in [-0.05, 0) is 77.0 Å². The highest BCUT2D eigenvalue weighted by Gasteiger charge is 2.19. The zero-order valence-corrected chi connectivity index (χ0v) is 43.6. The first-order valence-corrected chi connectivity index (χ1v) is 26.2. The predicted octanol–water partition coefficient (Wildman–Crippen LogP) is 17.6. The van der Waals surface area contributed by atoms with Crippen LogP contribution >= 0.6 is 0 Å². The Labute approximate surface area is 431 Å². The summed E-state index contributed by atoms with van der Waals surface area (Å²) in [5.74, 6) is -1.11. The maximum Gasteiger partial charge on any atom is 0.306 e.